The standard InChI is InChI=1S/C11H7BrF3N3O2/c12-10-7(2-1-3-8(10)18(19)20)6-17-5-4-9(16-17)11(13,14)15/h1-5H,6H2. The van der Waals surface area contributed by atoms with Gasteiger partial charge in [-0.05, 0) is 27.6 Å². The molecule has 1 aromatic heterocycles. The molecule has 5 nitrogen and oxygen atoms in total. The maximum absolute atomic E-state index is 12.4. The molecule has 0 unspecified atom stereocenters. The van der Waals surface area contributed by atoms with Crippen LogP contribution in [0.3, 0.4) is 0 Å². The molecule has 0 atom stereocenters. The van der Waals surface area contributed by atoms with Gasteiger partial charge in [-0.25, -0.2) is 0 Å². The van der Waals surface area contributed by atoms with Crippen LogP contribution in [0.4, 0.5) is 18.9 Å². The Morgan fingerprint density at radius 2 is 2.05 bits per heavy atom. The third kappa shape index (κ3) is 2.98. The maximum atomic E-state index is 12.4. The molecule has 0 amide bonds. The van der Waals surface area contributed by atoms with Gasteiger partial charge in [0.25, 0.3) is 5.69 Å². The molecule has 1 heterocycles. The van der Waals surface area contributed by atoms with Crippen molar-refractivity contribution in [2.45, 2.75) is 12.7 Å². The zero-order valence-corrected chi connectivity index (χ0v) is 11.3. The lowest BCUT2D eigenvalue weighted by atomic mass is 10.2. The van der Waals surface area contributed by atoms with Gasteiger partial charge in [0.05, 0.1) is 11.5 Å². The lowest BCUT2D eigenvalue weighted by Gasteiger charge is -2.06. The van der Waals surface area contributed by atoms with E-state index in [1.807, 2.05) is 0 Å². The van der Waals surface area contributed by atoms with E-state index in [9.17, 15) is 23.3 Å². The van der Waals surface area contributed by atoms with Crippen LogP contribution < -0.4 is 0 Å². The molecule has 9 heteroatoms. The van der Waals surface area contributed by atoms with E-state index in [2.05, 4.69) is 21.0 Å². The van der Waals surface area contributed by atoms with Crippen molar-refractivity contribution in [1.82, 2.24) is 9.78 Å². The number of hydrogen-bond acceptors (Lipinski definition) is 3. The minimum atomic E-state index is -4.51. The molecular formula is C11H7BrF3N3O2. The number of nitrogens with zero attached hydrogens (tertiary/aromatic N) is 3. The smallest absolute Gasteiger partial charge is 0.268 e. The van der Waals surface area contributed by atoms with Gasteiger partial charge in [-0.3, -0.25) is 14.8 Å². The predicted molar refractivity (Wildman–Crippen MR) is 67.1 cm³/mol. The number of benzene rings is 1. The molecular weight excluding hydrogens is 343 g/mol. The number of nitro groups is 1. The first-order valence-electron chi connectivity index (χ1n) is 5.31. The summed E-state index contributed by atoms with van der Waals surface area (Å²) < 4.78 is 38.6. The van der Waals surface area contributed by atoms with Crippen molar-refractivity contribution in [2.24, 2.45) is 0 Å². The first kappa shape index (κ1) is 14.5. The summed E-state index contributed by atoms with van der Waals surface area (Å²) in [6.45, 7) is -0.00164. The second-order valence-electron chi connectivity index (χ2n) is 3.90. The van der Waals surface area contributed by atoms with Gasteiger partial charge in [0.1, 0.15) is 4.47 Å². The fraction of sp³-hybridized carbons (Fsp3) is 0.182. The molecule has 0 aliphatic heterocycles. The lowest BCUT2D eigenvalue weighted by molar-refractivity contribution is -0.385. The number of nitro benzene ring substituents is 1. The van der Waals surface area contributed by atoms with E-state index in [1.54, 1.807) is 6.07 Å². The van der Waals surface area contributed by atoms with Gasteiger partial charge in [0.2, 0.25) is 0 Å². The zero-order valence-electron chi connectivity index (χ0n) is 9.76. The topological polar surface area (TPSA) is 61.0 Å². The van der Waals surface area contributed by atoms with Crippen LogP contribution in [0.2, 0.25) is 0 Å². The van der Waals surface area contributed by atoms with E-state index in [0.717, 1.165) is 10.7 Å². The Bertz CT molecular complexity index is 655. The molecule has 0 fully saturated rings. The highest BCUT2D eigenvalue weighted by Crippen LogP contribution is 2.30. The lowest BCUT2D eigenvalue weighted by Crippen LogP contribution is -2.08. The Balaban J connectivity index is 2.29. The molecule has 0 saturated carbocycles. The van der Waals surface area contributed by atoms with E-state index in [-0.39, 0.29) is 16.7 Å². The molecule has 106 valence electrons. The fourth-order valence-corrected chi connectivity index (χ4v) is 2.14. The minimum Gasteiger partial charge on any atom is -0.268 e. The monoisotopic (exact) mass is 349 g/mol. The summed E-state index contributed by atoms with van der Waals surface area (Å²) in [5.41, 5.74) is -0.680. The maximum Gasteiger partial charge on any atom is 0.435 e. The highest BCUT2D eigenvalue weighted by atomic mass is 79.9. The summed E-state index contributed by atoms with van der Waals surface area (Å²) in [4.78, 5) is 10.2. The number of rotatable bonds is 3. The number of alkyl halides is 3. The van der Waals surface area contributed by atoms with E-state index in [1.165, 1.54) is 18.3 Å². The molecule has 0 bridgehead atoms. The van der Waals surface area contributed by atoms with E-state index in [4.69, 9.17) is 0 Å². The second-order valence-corrected chi connectivity index (χ2v) is 4.70. The van der Waals surface area contributed by atoms with E-state index >= 15 is 0 Å². The van der Waals surface area contributed by atoms with Crippen molar-refractivity contribution in [3.63, 3.8) is 0 Å². The van der Waals surface area contributed by atoms with Gasteiger partial charge in [-0.15, -0.1) is 0 Å². The van der Waals surface area contributed by atoms with Gasteiger partial charge >= 0.3 is 6.18 Å². The van der Waals surface area contributed by atoms with Crippen LogP contribution in [0.25, 0.3) is 0 Å². The number of aromatic nitrogens is 2. The summed E-state index contributed by atoms with van der Waals surface area (Å²) in [7, 11) is 0. The molecule has 0 aliphatic rings. The van der Waals surface area contributed by atoms with Gasteiger partial charge in [-0.2, -0.15) is 18.3 Å². The van der Waals surface area contributed by atoms with Gasteiger partial charge in [0, 0.05) is 12.3 Å². The Morgan fingerprint density at radius 1 is 1.35 bits per heavy atom. The average molecular weight is 350 g/mol. The summed E-state index contributed by atoms with van der Waals surface area (Å²) >= 11 is 3.08. The SMILES string of the molecule is O=[N+]([O-])c1cccc(Cn2ccc(C(F)(F)F)n2)c1Br. The Kier molecular flexibility index (Phi) is 3.80. The van der Waals surface area contributed by atoms with Gasteiger partial charge < -0.3 is 0 Å². The van der Waals surface area contributed by atoms with Crippen molar-refractivity contribution in [3.05, 3.63) is 56.3 Å². The minimum absolute atomic E-state index is 0.00164. The van der Waals surface area contributed by atoms with Crippen molar-refractivity contribution in [1.29, 1.82) is 0 Å². The largest absolute Gasteiger partial charge is 0.435 e. The van der Waals surface area contributed by atoms with Crippen LogP contribution in [-0.2, 0) is 12.7 Å². The van der Waals surface area contributed by atoms with Crippen molar-refractivity contribution in [3.8, 4) is 0 Å². The number of hydrogen-bond donors (Lipinski definition) is 0. The highest BCUT2D eigenvalue weighted by Gasteiger charge is 2.33. The molecule has 20 heavy (non-hydrogen) atoms. The van der Waals surface area contributed by atoms with Gasteiger partial charge in [-0.1, -0.05) is 12.1 Å². The predicted octanol–water partition coefficient (Wildman–Crippen LogP) is 3.62. The average Bonchev–Trinajstić information content (AvgIpc) is 2.80. The van der Waals surface area contributed by atoms with E-state index in [0.29, 0.717) is 5.56 Å². The Morgan fingerprint density at radius 3 is 2.60 bits per heavy atom. The molecule has 0 N–H and O–H groups in total. The third-order valence-corrected chi connectivity index (χ3v) is 3.43. The first-order chi connectivity index (χ1) is 9.29. The molecule has 1 aromatic carbocycles. The van der Waals surface area contributed by atoms with E-state index < -0.39 is 16.8 Å². The second kappa shape index (κ2) is 5.23. The molecule has 0 aliphatic carbocycles. The third-order valence-electron chi connectivity index (χ3n) is 2.52. The van der Waals surface area contributed by atoms with Crippen molar-refractivity contribution < 1.29 is 18.1 Å². The molecule has 0 saturated heterocycles. The quantitative estimate of drug-likeness (QED) is 0.628. The molecule has 2 rings (SSSR count). The van der Waals surface area contributed by atoms with Crippen LogP contribution in [0.15, 0.2) is 34.9 Å². The van der Waals surface area contributed by atoms with Gasteiger partial charge in [0.15, 0.2) is 5.69 Å². The van der Waals surface area contributed by atoms with Crippen molar-refractivity contribution >= 4 is 21.6 Å². The first-order valence-corrected chi connectivity index (χ1v) is 6.11. The van der Waals surface area contributed by atoms with Crippen LogP contribution in [0, 0.1) is 10.1 Å². The van der Waals surface area contributed by atoms with Crippen LogP contribution >= 0.6 is 15.9 Å². The normalized spacial score (nSPS) is 11.6. The summed E-state index contributed by atoms with van der Waals surface area (Å²) in [5, 5.41) is 14.2. The fourth-order valence-electron chi connectivity index (χ4n) is 1.60. The summed E-state index contributed by atoms with van der Waals surface area (Å²) in [6, 6.07) is 5.20. The Labute approximate surface area is 119 Å². The highest BCUT2D eigenvalue weighted by molar-refractivity contribution is 9.10. The zero-order chi connectivity index (χ0) is 14.9. The van der Waals surface area contributed by atoms with Crippen LogP contribution in [0.1, 0.15) is 11.3 Å². The molecule has 2 aromatic rings. The summed E-state index contributed by atoms with van der Waals surface area (Å²) in [5.74, 6) is 0. The number of halogens is 4. The van der Waals surface area contributed by atoms with Crippen LogP contribution in [-0.4, -0.2) is 14.7 Å². The molecule has 0 spiro atoms. The van der Waals surface area contributed by atoms with Crippen molar-refractivity contribution in [2.75, 3.05) is 0 Å². The Hall–Kier alpha value is -1.90. The molecule has 0 radical (unpaired) electrons. The summed E-state index contributed by atoms with van der Waals surface area (Å²) in [6.07, 6.45) is -3.33. The van der Waals surface area contributed by atoms with Crippen LogP contribution in [0.5, 0.6) is 0 Å².